The molecule has 3 aromatic rings. The van der Waals surface area contributed by atoms with Gasteiger partial charge in [-0.2, -0.15) is 4.98 Å². The van der Waals surface area contributed by atoms with E-state index in [4.69, 9.17) is 25.6 Å². The first-order chi connectivity index (χ1) is 11.7. The highest BCUT2D eigenvalue weighted by Crippen LogP contribution is 2.20. The van der Waals surface area contributed by atoms with Gasteiger partial charge in [-0.25, -0.2) is 4.79 Å². The fourth-order valence-electron chi connectivity index (χ4n) is 2.00. The van der Waals surface area contributed by atoms with Crippen LogP contribution >= 0.6 is 11.6 Å². The molecule has 0 fully saturated rings. The summed E-state index contributed by atoms with van der Waals surface area (Å²) >= 11 is 5.84. The molecular weight excluding hydrogens is 332 g/mol. The second-order valence-electron chi connectivity index (χ2n) is 4.83. The minimum atomic E-state index is -0.512. The molecule has 0 saturated heterocycles. The molecule has 0 N–H and O–H groups in total. The average Bonchev–Trinajstić information content (AvgIpc) is 3.09. The Labute approximate surface area is 143 Å². The van der Waals surface area contributed by atoms with Gasteiger partial charge in [-0.05, 0) is 42.5 Å². The second kappa shape index (κ2) is 7.14. The molecule has 1 heterocycles. The molecule has 7 heteroatoms. The van der Waals surface area contributed by atoms with Crippen molar-refractivity contribution in [3.8, 4) is 17.1 Å². The average molecular weight is 345 g/mol. The van der Waals surface area contributed by atoms with Crippen molar-refractivity contribution >= 4 is 17.6 Å². The fraction of sp³-hybridized carbons (Fsp3) is 0.118. The Kier molecular flexibility index (Phi) is 4.77. The molecule has 0 saturated carbocycles. The van der Waals surface area contributed by atoms with Crippen LogP contribution in [0.25, 0.3) is 11.4 Å². The summed E-state index contributed by atoms with van der Waals surface area (Å²) in [6.45, 7) is -0.117. The van der Waals surface area contributed by atoms with E-state index in [1.54, 1.807) is 37.4 Å². The summed E-state index contributed by atoms with van der Waals surface area (Å²) in [5.41, 5.74) is 1.13. The van der Waals surface area contributed by atoms with E-state index in [-0.39, 0.29) is 12.5 Å². The van der Waals surface area contributed by atoms with Crippen LogP contribution in [0, 0.1) is 0 Å². The summed E-state index contributed by atoms with van der Waals surface area (Å²) in [6.07, 6.45) is 0. The van der Waals surface area contributed by atoms with Crippen LogP contribution < -0.4 is 4.74 Å². The zero-order valence-corrected chi connectivity index (χ0v) is 13.5. The van der Waals surface area contributed by atoms with Crippen molar-refractivity contribution in [2.45, 2.75) is 6.61 Å². The molecule has 6 nitrogen and oxygen atoms in total. The van der Waals surface area contributed by atoms with Crippen LogP contribution in [0.15, 0.2) is 53.1 Å². The molecule has 122 valence electrons. The molecule has 0 aliphatic heterocycles. The Balaban J connectivity index is 1.64. The molecule has 24 heavy (non-hydrogen) atoms. The lowest BCUT2D eigenvalue weighted by Gasteiger charge is -2.02. The number of carbonyl (C=O) groups excluding carboxylic acids is 1. The number of hydrogen-bond donors (Lipinski definition) is 0. The Hall–Kier alpha value is -2.86. The highest BCUT2D eigenvalue weighted by atomic mass is 35.5. The predicted octanol–water partition coefficient (Wildman–Crippen LogP) is 3.76. The van der Waals surface area contributed by atoms with Gasteiger partial charge >= 0.3 is 5.97 Å². The summed E-state index contributed by atoms with van der Waals surface area (Å²) in [5, 5.41) is 4.33. The lowest BCUT2D eigenvalue weighted by molar-refractivity contribution is 0.0430. The van der Waals surface area contributed by atoms with E-state index in [1.807, 2.05) is 12.1 Å². The van der Waals surface area contributed by atoms with Gasteiger partial charge < -0.3 is 14.0 Å². The van der Waals surface area contributed by atoms with Crippen molar-refractivity contribution in [2.75, 3.05) is 7.11 Å². The maximum absolute atomic E-state index is 11.9. The number of halogens is 1. The first-order valence-corrected chi connectivity index (χ1v) is 7.43. The van der Waals surface area contributed by atoms with Crippen molar-refractivity contribution in [3.05, 3.63) is 65.0 Å². The molecule has 0 aliphatic carbocycles. The fourth-order valence-corrected chi connectivity index (χ4v) is 2.19. The molecule has 0 bridgehead atoms. The zero-order valence-electron chi connectivity index (χ0n) is 12.7. The molecule has 3 rings (SSSR count). The van der Waals surface area contributed by atoms with Gasteiger partial charge in [0.05, 0.1) is 12.7 Å². The van der Waals surface area contributed by atoms with Crippen LogP contribution in [-0.4, -0.2) is 23.2 Å². The van der Waals surface area contributed by atoms with Gasteiger partial charge in [0.25, 0.3) is 5.89 Å². The smallest absolute Gasteiger partial charge is 0.338 e. The highest BCUT2D eigenvalue weighted by molar-refractivity contribution is 6.30. The van der Waals surface area contributed by atoms with Crippen LogP contribution in [0.1, 0.15) is 16.2 Å². The Morgan fingerprint density at radius 1 is 1.21 bits per heavy atom. The Bertz CT molecular complexity index is 846. The number of rotatable bonds is 5. The van der Waals surface area contributed by atoms with E-state index in [2.05, 4.69) is 10.1 Å². The van der Waals surface area contributed by atoms with Crippen LogP contribution in [0.3, 0.4) is 0 Å². The van der Waals surface area contributed by atoms with E-state index >= 15 is 0 Å². The van der Waals surface area contributed by atoms with Gasteiger partial charge in [0.15, 0.2) is 6.61 Å². The standard InChI is InChI=1S/C17H13ClN2O4/c1-22-14-7-5-11(6-8-14)16-19-15(24-20-16)10-23-17(21)12-3-2-4-13(18)9-12/h2-9H,10H2,1H3. The number of esters is 1. The van der Waals surface area contributed by atoms with E-state index < -0.39 is 5.97 Å². The van der Waals surface area contributed by atoms with E-state index in [1.165, 1.54) is 6.07 Å². The monoisotopic (exact) mass is 344 g/mol. The molecule has 0 aliphatic rings. The maximum Gasteiger partial charge on any atom is 0.338 e. The van der Waals surface area contributed by atoms with E-state index in [9.17, 15) is 4.79 Å². The SMILES string of the molecule is COc1ccc(-c2noc(COC(=O)c3cccc(Cl)c3)n2)cc1. The third kappa shape index (κ3) is 3.72. The molecule has 0 amide bonds. The van der Waals surface area contributed by atoms with Crippen LogP contribution in [0.5, 0.6) is 5.75 Å². The summed E-state index contributed by atoms with van der Waals surface area (Å²) < 4.78 is 15.3. The minimum Gasteiger partial charge on any atom is -0.497 e. The molecule has 1 aromatic heterocycles. The lowest BCUT2D eigenvalue weighted by Crippen LogP contribution is -2.05. The Morgan fingerprint density at radius 3 is 2.71 bits per heavy atom. The van der Waals surface area contributed by atoms with Crippen molar-refractivity contribution in [3.63, 3.8) is 0 Å². The molecule has 2 aromatic carbocycles. The van der Waals surface area contributed by atoms with Gasteiger partial charge in [0, 0.05) is 10.6 Å². The largest absolute Gasteiger partial charge is 0.497 e. The second-order valence-corrected chi connectivity index (χ2v) is 5.26. The van der Waals surface area contributed by atoms with Crippen LogP contribution in [0.2, 0.25) is 5.02 Å². The van der Waals surface area contributed by atoms with Crippen LogP contribution in [-0.2, 0) is 11.3 Å². The predicted molar refractivity (Wildman–Crippen MR) is 86.9 cm³/mol. The molecule has 0 spiro atoms. The minimum absolute atomic E-state index is 0.117. The van der Waals surface area contributed by atoms with Crippen molar-refractivity contribution in [2.24, 2.45) is 0 Å². The third-order valence-electron chi connectivity index (χ3n) is 3.20. The number of methoxy groups -OCH3 is 1. The van der Waals surface area contributed by atoms with Crippen molar-refractivity contribution < 1.29 is 18.8 Å². The number of hydrogen-bond acceptors (Lipinski definition) is 6. The number of ether oxygens (including phenoxy) is 2. The zero-order chi connectivity index (χ0) is 16.9. The van der Waals surface area contributed by atoms with Gasteiger partial charge in [0.1, 0.15) is 5.75 Å². The maximum atomic E-state index is 11.9. The highest BCUT2D eigenvalue weighted by Gasteiger charge is 2.13. The normalized spacial score (nSPS) is 10.4. The van der Waals surface area contributed by atoms with Gasteiger partial charge in [-0.1, -0.05) is 22.8 Å². The molecule has 0 radical (unpaired) electrons. The van der Waals surface area contributed by atoms with Crippen molar-refractivity contribution in [1.82, 2.24) is 10.1 Å². The van der Waals surface area contributed by atoms with Gasteiger partial charge in [-0.3, -0.25) is 0 Å². The van der Waals surface area contributed by atoms with E-state index in [0.717, 1.165) is 11.3 Å². The summed E-state index contributed by atoms with van der Waals surface area (Å²) in [5.74, 6) is 0.835. The number of aromatic nitrogens is 2. The Morgan fingerprint density at radius 2 is 2.00 bits per heavy atom. The summed E-state index contributed by atoms with van der Waals surface area (Å²) in [4.78, 5) is 16.1. The number of benzene rings is 2. The topological polar surface area (TPSA) is 74.5 Å². The number of carbonyl (C=O) groups is 1. The lowest BCUT2D eigenvalue weighted by atomic mass is 10.2. The number of nitrogens with zero attached hydrogens (tertiary/aromatic N) is 2. The quantitative estimate of drug-likeness (QED) is 0.656. The van der Waals surface area contributed by atoms with Crippen molar-refractivity contribution in [1.29, 1.82) is 0 Å². The molecule has 0 unspecified atom stereocenters. The van der Waals surface area contributed by atoms with Crippen LogP contribution in [0.4, 0.5) is 0 Å². The van der Waals surface area contributed by atoms with E-state index in [0.29, 0.717) is 16.4 Å². The third-order valence-corrected chi connectivity index (χ3v) is 3.44. The van der Waals surface area contributed by atoms with Gasteiger partial charge in [0.2, 0.25) is 5.82 Å². The summed E-state index contributed by atoms with van der Waals surface area (Å²) in [6, 6.07) is 13.7. The molecule has 0 atom stereocenters. The molecular formula is C17H13ClN2O4. The first kappa shape index (κ1) is 16.0. The first-order valence-electron chi connectivity index (χ1n) is 7.05. The van der Waals surface area contributed by atoms with Gasteiger partial charge in [-0.15, -0.1) is 0 Å². The summed E-state index contributed by atoms with van der Waals surface area (Å²) in [7, 11) is 1.59.